The molecule has 1 aromatic heterocycles. The van der Waals surface area contributed by atoms with Crippen molar-refractivity contribution in [3.63, 3.8) is 0 Å². The van der Waals surface area contributed by atoms with Gasteiger partial charge in [-0.1, -0.05) is 13.8 Å². The van der Waals surface area contributed by atoms with Crippen LogP contribution >= 0.6 is 0 Å². The van der Waals surface area contributed by atoms with Gasteiger partial charge in [-0.25, -0.2) is 4.98 Å². The lowest BCUT2D eigenvalue weighted by atomic mass is 10.1. The molecule has 0 aromatic carbocycles. The predicted molar refractivity (Wildman–Crippen MR) is 52.7 cm³/mol. The van der Waals surface area contributed by atoms with Crippen molar-refractivity contribution in [2.45, 2.75) is 26.7 Å². The van der Waals surface area contributed by atoms with Crippen molar-refractivity contribution in [1.29, 1.82) is 0 Å². The average Bonchev–Trinajstić information content (AvgIpc) is 2.56. The van der Waals surface area contributed by atoms with Crippen LogP contribution in [0, 0.1) is 5.92 Å². The summed E-state index contributed by atoms with van der Waals surface area (Å²) in [6.07, 6.45) is 4.12. The van der Waals surface area contributed by atoms with E-state index < -0.39 is 0 Å². The van der Waals surface area contributed by atoms with Gasteiger partial charge in [-0.05, 0) is 12.3 Å². The molecule has 0 radical (unpaired) electrons. The van der Waals surface area contributed by atoms with E-state index in [1.807, 2.05) is 0 Å². The van der Waals surface area contributed by atoms with Crippen LogP contribution in [0.15, 0.2) is 17.1 Å². The fourth-order valence-corrected chi connectivity index (χ4v) is 1.05. The van der Waals surface area contributed by atoms with E-state index in [0.717, 1.165) is 13.0 Å². The predicted octanol–water partition coefficient (Wildman–Crippen LogP) is 1.38. The Labute approximate surface area is 83.7 Å². The van der Waals surface area contributed by atoms with Crippen LogP contribution in [0.25, 0.3) is 0 Å². The molecule has 0 saturated heterocycles. The minimum atomic E-state index is -0.000417. The minimum absolute atomic E-state index is 0.000417. The fraction of sp³-hybridized carbons (Fsp3) is 0.600. The molecule has 0 spiro atoms. The third-order valence-corrected chi connectivity index (χ3v) is 1.87. The van der Waals surface area contributed by atoms with Crippen molar-refractivity contribution in [3.05, 3.63) is 18.4 Å². The smallest absolute Gasteiger partial charge is 0.226 e. The lowest BCUT2D eigenvalue weighted by Crippen LogP contribution is -2.26. The monoisotopic (exact) mass is 196 g/mol. The molecule has 1 heterocycles. The van der Waals surface area contributed by atoms with Gasteiger partial charge in [0.25, 0.3) is 0 Å². The Balaban J connectivity index is 2.17. The lowest BCUT2D eigenvalue weighted by Gasteiger charge is -2.05. The molecule has 1 N–H and O–H groups in total. The third-order valence-electron chi connectivity index (χ3n) is 1.87. The average molecular weight is 196 g/mol. The summed E-state index contributed by atoms with van der Waals surface area (Å²) in [6.45, 7) is 4.99. The minimum Gasteiger partial charge on any atom is -0.451 e. The van der Waals surface area contributed by atoms with Gasteiger partial charge in [0, 0.05) is 6.54 Å². The number of rotatable bonds is 5. The number of hydrogen-bond donors (Lipinski definition) is 1. The van der Waals surface area contributed by atoms with Crippen molar-refractivity contribution in [2.75, 3.05) is 6.54 Å². The Bertz CT molecular complexity index is 268. The molecule has 0 aliphatic rings. The van der Waals surface area contributed by atoms with E-state index in [9.17, 15) is 4.79 Å². The zero-order chi connectivity index (χ0) is 10.4. The summed E-state index contributed by atoms with van der Waals surface area (Å²) in [7, 11) is 0. The van der Waals surface area contributed by atoms with Crippen LogP contribution in [0.4, 0.5) is 0 Å². The van der Waals surface area contributed by atoms with Crippen molar-refractivity contribution in [3.8, 4) is 0 Å². The van der Waals surface area contributed by atoms with E-state index >= 15 is 0 Å². The molecule has 0 fully saturated rings. The number of hydrogen-bond acceptors (Lipinski definition) is 3. The summed E-state index contributed by atoms with van der Waals surface area (Å²) in [6, 6.07) is 0. The first-order chi connectivity index (χ1) is 6.68. The van der Waals surface area contributed by atoms with E-state index in [2.05, 4.69) is 24.1 Å². The number of carbonyl (C=O) groups is 1. The SMILES string of the molecule is CC(C)CCNC(=O)Cc1cocn1. The van der Waals surface area contributed by atoms with Crippen LogP contribution < -0.4 is 5.32 Å². The van der Waals surface area contributed by atoms with Gasteiger partial charge < -0.3 is 9.73 Å². The Kier molecular flexibility index (Phi) is 4.16. The van der Waals surface area contributed by atoms with Crippen molar-refractivity contribution in [1.82, 2.24) is 10.3 Å². The quantitative estimate of drug-likeness (QED) is 0.774. The van der Waals surface area contributed by atoms with Crippen LogP contribution in [0.3, 0.4) is 0 Å². The van der Waals surface area contributed by atoms with Gasteiger partial charge in [-0.15, -0.1) is 0 Å². The number of aromatic nitrogens is 1. The number of amides is 1. The van der Waals surface area contributed by atoms with E-state index in [0.29, 0.717) is 18.0 Å². The summed E-state index contributed by atoms with van der Waals surface area (Å²) in [4.78, 5) is 15.2. The second kappa shape index (κ2) is 5.42. The van der Waals surface area contributed by atoms with Gasteiger partial charge in [0.05, 0.1) is 12.1 Å². The van der Waals surface area contributed by atoms with Crippen LogP contribution in [0.1, 0.15) is 26.0 Å². The topological polar surface area (TPSA) is 55.1 Å². The van der Waals surface area contributed by atoms with Crippen LogP contribution in [-0.4, -0.2) is 17.4 Å². The van der Waals surface area contributed by atoms with E-state index in [-0.39, 0.29) is 5.91 Å². The van der Waals surface area contributed by atoms with Gasteiger partial charge in [-0.2, -0.15) is 0 Å². The van der Waals surface area contributed by atoms with Gasteiger partial charge in [0.2, 0.25) is 5.91 Å². The molecule has 1 rings (SSSR count). The third kappa shape index (κ3) is 4.07. The maximum atomic E-state index is 11.3. The van der Waals surface area contributed by atoms with Gasteiger partial charge >= 0.3 is 0 Å². The maximum Gasteiger partial charge on any atom is 0.226 e. The molecule has 0 bridgehead atoms. The van der Waals surface area contributed by atoms with Crippen molar-refractivity contribution >= 4 is 5.91 Å². The molecule has 1 aromatic rings. The van der Waals surface area contributed by atoms with E-state index in [4.69, 9.17) is 4.42 Å². The molecule has 4 nitrogen and oxygen atoms in total. The molecule has 14 heavy (non-hydrogen) atoms. The second-order valence-electron chi connectivity index (χ2n) is 3.69. The highest BCUT2D eigenvalue weighted by Gasteiger charge is 2.04. The van der Waals surface area contributed by atoms with Crippen molar-refractivity contribution in [2.24, 2.45) is 5.92 Å². The number of nitrogens with one attached hydrogen (secondary N) is 1. The van der Waals surface area contributed by atoms with Crippen molar-refractivity contribution < 1.29 is 9.21 Å². The second-order valence-corrected chi connectivity index (χ2v) is 3.69. The molecule has 0 saturated carbocycles. The summed E-state index contributed by atoms with van der Waals surface area (Å²) < 4.78 is 4.77. The standard InChI is InChI=1S/C10H16N2O2/c1-8(2)3-4-11-10(13)5-9-6-14-7-12-9/h6-8H,3-5H2,1-2H3,(H,11,13). The first-order valence-electron chi connectivity index (χ1n) is 4.82. The summed E-state index contributed by atoms with van der Waals surface area (Å²) in [5.74, 6) is 0.613. The highest BCUT2D eigenvalue weighted by atomic mass is 16.3. The summed E-state index contributed by atoms with van der Waals surface area (Å²) in [5, 5.41) is 2.83. The molecule has 0 aliphatic heterocycles. The Hall–Kier alpha value is -1.32. The van der Waals surface area contributed by atoms with Gasteiger partial charge in [0.15, 0.2) is 6.39 Å². The molecule has 4 heteroatoms. The largest absolute Gasteiger partial charge is 0.451 e. The maximum absolute atomic E-state index is 11.3. The highest BCUT2D eigenvalue weighted by Crippen LogP contribution is 1.98. The number of carbonyl (C=O) groups excluding carboxylic acids is 1. The Morgan fingerprint density at radius 2 is 2.43 bits per heavy atom. The van der Waals surface area contributed by atoms with Crippen LogP contribution in [-0.2, 0) is 11.2 Å². The normalized spacial score (nSPS) is 10.5. The van der Waals surface area contributed by atoms with Gasteiger partial charge in [0.1, 0.15) is 6.26 Å². The Morgan fingerprint density at radius 3 is 3.00 bits per heavy atom. The molecule has 78 valence electrons. The lowest BCUT2D eigenvalue weighted by molar-refractivity contribution is -0.120. The number of nitrogens with zero attached hydrogens (tertiary/aromatic N) is 1. The molecular weight excluding hydrogens is 180 g/mol. The molecule has 0 atom stereocenters. The molecule has 0 unspecified atom stereocenters. The van der Waals surface area contributed by atoms with Crippen LogP contribution in [0.2, 0.25) is 0 Å². The molecule has 1 amide bonds. The molecular formula is C10H16N2O2. The fourth-order valence-electron chi connectivity index (χ4n) is 1.05. The summed E-state index contributed by atoms with van der Waals surface area (Å²) >= 11 is 0. The Morgan fingerprint density at radius 1 is 1.64 bits per heavy atom. The van der Waals surface area contributed by atoms with Gasteiger partial charge in [-0.3, -0.25) is 4.79 Å². The zero-order valence-corrected chi connectivity index (χ0v) is 8.62. The highest BCUT2D eigenvalue weighted by molar-refractivity contribution is 5.77. The van der Waals surface area contributed by atoms with E-state index in [1.165, 1.54) is 12.7 Å². The first kappa shape index (κ1) is 10.8. The summed E-state index contributed by atoms with van der Waals surface area (Å²) in [5.41, 5.74) is 0.673. The molecule has 0 aliphatic carbocycles. The first-order valence-corrected chi connectivity index (χ1v) is 4.82. The van der Waals surface area contributed by atoms with E-state index in [1.54, 1.807) is 0 Å². The van der Waals surface area contributed by atoms with Crippen LogP contribution in [0.5, 0.6) is 0 Å². The number of oxazole rings is 1. The zero-order valence-electron chi connectivity index (χ0n) is 8.62.